The molecule has 2 aromatic carbocycles. The highest BCUT2D eigenvalue weighted by atomic mass is 19.1. The van der Waals surface area contributed by atoms with Gasteiger partial charge in [0.2, 0.25) is 5.91 Å². The van der Waals surface area contributed by atoms with Crippen LogP contribution in [0.25, 0.3) is 0 Å². The average molecular weight is 425 g/mol. The standard InChI is InChI=1S/C25H29FN2O3/c1-16(2)27(3)23(29)15-31-21-11-8-17-12-13-28(25(30)19-4-5-19)24(22(17)14-21)18-6-9-20(26)10-7-18/h6-11,14,16,19,24H,4-5,12-13,15H2,1-3H3. The van der Waals surface area contributed by atoms with Crippen molar-refractivity contribution in [2.24, 2.45) is 5.92 Å². The lowest BCUT2D eigenvalue weighted by Gasteiger charge is -2.38. The molecule has 0 radical (unpaired) electrons. The number of rotatable bonds is 6. The van der Waals surface area contributed by atoms with Crippen LogP contribution < -0.4 is 4.74 Å². The Balaban J connectivity index is 1.63. The second kappa shape index (κ2) is 8.69. The first-order chi connectivity index (χ1) is 14.8. The van der Waals surface area contributed by atoms with Crippen molar-refractivity contribution < 1.29 is 18.7 Å². The lowest BCUT2D eigenvalue weighted by Crippen LogP contribution is -2.41. The fraction of sp³-hybridized carbons (Fsp3) is 0.440. The van der Waals surface area contributed by atoms with Gasteiger partial charge in [-0.05, 0) is 74.1 Å². The van der Waals surface area contributed by atoms with Crippen LogP contribution in [0.4, 0.5) is 4.39 Å². The van der Waals surface area contributed by atoms with Crippen molar-refractivity contribution >= 4 is 11.8 Å². The van der Waals surface area contributed by atoms with Gasteiger partial charge in [0.05, 0.1) is 6.04 Å². The molecule has 1 atom stereocenters. The van der Waals surface area contributed by atoms with Gasteiger partial charge < -0.3 is 14.5 Å². The maximum Gasteiger partial charge on any atom is 0.260 e. The lowest BCUT2D eigenvalue weighted by atomic mass is 9.87. The molecule has 1 aliphatic carbocycles. The molecule has 0 N–H and O–H groups in total. The molecule has 1 aliphatic heterocycles. The fourth-order valence-corrected chi connectivity index (χ4v) is 4.02. The molecule has 1 fully saturated rings. The molecule has 2 aliphatic rings. The van der Waals surface area contributed by atoms with Crippen LogP contribution in [-0.4, -0.2) is 47.9 Å². The van der Waals surface area contributed by atoms with Crippen molar-refractivity contribution in [1.82, 2.24) is 9.80 Å². The quantitative estimate of drug-likeness (QED) is 0.705. The van der Waals surface area contributed by atoms with Gasteiger partial charge in [-0.15, -0.1) is 0 Å². The molecule has 6 heteroatoms. The van der Waals surface area contributed by atoms with E-state index in [-0.39, 0.29) is 42.2 Å². The number of fused-ring (bicyclic) bond motifs is 1. The average Bonchev–Trinajstić information content (AvgIpc) is 3.61. The summed E-state index contributed by atoms with van der Waals surface area (Å²) in [7, 11) is 1.76. The van der Waals surface area contributed by atoms with E-state index < -0.39 is 0 Å². The number of amides is 2. The lowest BCUT2D eigenvalue weighted by molar-refractivity contribution is -0.134. The van der Waals surface area contributed by atoms with Gasteiger partial charge in [-0.2, -0.15) is 0 Å². The van der Waals surface area contributed by atoms with E-state index in [1.807, 2.05) is 36.9 Å². The number of carbonyl (C=O) groups is 2. The van der Waals surface area contributed by atoms with Gasteiger partial charge in [-0.3, -0.25) is 9.59 Å². The van der Waals surface area contributed by atoms with E-state index in [1.54, 1.807) is 24.1 Å². The number of nitrogens with zero attached hydrogens (tertiary/aromatic N) is 2. The summed E-state index contributed by atoms with van der Waals surface area (Å²) in [5, 5.41) is 0. The Morgan fingerprint density at radius 3 is 2.52 bits per heavy atom. The second-order valence-electron chi connectivity index (χ2n) is 8.76. The number of hydrogen-bond acceptors (Lipinski definition) is 3. The molecule has 5 nitrogen and oxygen atoms in total. The van der Waals surface area contributed by atoms with E-state index >= 15 is 0 Å². The summed E-state index contributed by atoms with van der Waals surface area (Å²) in [6, 6.07) is 12.0. The summed E-state index contributed by atoms with van der Waals surface area (Å²) >= 11 is 0. The van der Waals surface area contributed by atoms with Crippen LogP contribution >= 0.6 is 0 Å². The second-order valence-corrected chi connectivity index (χ2v) is 8.76. The molecular formula is C25H29FN2O3. The summed E-state index contributed by atoms with van der Waals surface area (Å²) in [5.41, 5.74) is 3.00. The van der Waals surface area contributed by atoms with Crippen LogP contribution in [-0.2, 0) is 16.0 Å². The van der Waals surface area contributed by atoms with E-state index in [1.165, 1.54) is 12.1 Å². The highest BCUT2D eigenvalue weighted by Gasteiger charge is 2.39. The summed E-state index contributed by atoms with van der Waals surface area (Å²) in [6.45, 7) is 4.51. The maximum atomic E-state index is 13.6. The number of likely N-dealkylation sites (N-methyl/N-ethyl adjacent to an activating group) is 1. The fourth-order valence-electron chi connectivity index (χ4n) is 4.02. The van der Waals surface area contributed by atoms with Crippen molar-refractivity contribution in [2.75, 3.05) is 20.2 Å². The van der Waals surface area contributed by atoms with Gasteiger partial charge in [0, 0.05) is 25.6 Å². The van der Waals surface area contributed by atoms with Crippen LogP contribution in [0.5, 0.6) is 5.75 Å². The highest BCUT2D eigenvalue weighted by Crippen LogP contribution is 2.41. The zero-order chi connectivity index (χ0) is 22.1. The zero-order valence-corrected chi connectivity index (χ0v) is 18.3. The topological polar surface area (TPSA) is 49.9 Å². The molecule has 31 heavy (non-hydrogen) atoms. The van der Waals surface area contributed by atoms with Crippen molar-refractivity contribution in [2.45, 2.75) is 45.2 Å². The Morgan fingerprint density at radius 1 is 1.16 bits per heavy atom. The summed E-state index contributed by atoms with van der Waals surface area (Å²) in [6.07, 6.45) is 2.64. The number of carbonyl (C=O) groups excluding carboxylic acids is 2. The SMILES string of the molecule is CC(C)N(C)C(=O)COc1ccc2c(c1)C(c1ccc(F)cc1)N(C(=O)C1CC1)CC2. The van der Waals surface area contributed by atoms with E-state index in [9.17, 15) is 14.0 Å². The monoisotopic (exact) mass is 424 g/mol. The third kappa shape index (κ3) is 4.58. The van der Waals surface area contributed by atoms with Gasteiger partial charge in [-0.1, -0.05) is 18.2 Å². The Labute approximate surface area is 182 Å². The molecule has 0 aromatic heterocycles. The van der Waals surface area contributed by atoms with Gasteiger partial charge in [0.1, 0.15) is 11.6 Å². The third-order valence-electron chi connectivity index (χ3n) is 6.27. The van der Waals surface area contributed by atoms with Crippen molar-refractivity contribution in [3.63, 3.8) is 0 Å². The number of halogens is 1. The van der Waals surface area contributed by atoms with Gasteiger partial charge in [0.15, 0.2) is 6.61 Å². The molecule has 1 heterocycles. The Bertz CT molecular complexity index is 969. The first-order valence-corrected chi connectivity index (χ1v) is 10.9. The summed E-state index contributed by atoms with van der Waals surface area (Å²) in [4.78, 5) is 28.9. The molecule has 2 amide bonds. The Hall–Kier alpha value is -2.89. The van der Waals surface area contributed by atoms with Gasteiger partial charge in [0.25, 0.3) is 5.91 Å². The van der Waals surface area contributed by atoms with Crippen molar-refractivity contribution in [1.29, 1.82) is 0 Å². The molecular weight excluding hydrogens is 395 g/mol. The maximum absolute atomic E-state index is 13.6. The van der Waals surface area contributed by atoms with E-state index in [2.05, 4.69) is 0 Å². The van der Waals surface area contributed by atoms with Gasteiger partial charge in [-0.25, -0.2) is 4.39 Å². The number of ether oxygens (including phenoxy) is 1. The van der Waals surface area contributed by atoms with Crippen LogP contribution in [0.2, 0.25) is 0 Å². The van der Waals surface area contributed by atoms with Crippen molar-refractivity contribution in [3.05, 3.63) is 65.0 Å². The van der Waals surface area contributed by atoms with Crippen LogP contribution in [0.15, 0.2) is 42.5 Å². The molecule has 1 unspecified atom stereocenters. The minimum Gasteiger partial charge on any atom is -0.484 e. The smallest absolute Gasteiger partial charge is 0.260 e. The predicted molar refractivity (Wildman–Crippen MR) is 116 cm³/mol. The molecule has 1 saturated carbocycles. The Kier molecular flexibility index (Phi) is 5.99. The minimum atomic E-state index is -0.301. The number of benzene rings is 2. The molecule has 0 spiro atoms. The minimum absolute atomic E-state index is 0.0423. The number of hydrogen-bond donors (Lipinski definition) is 0. The van der Waals surface area contributed by atoms with Crippen LogP contribution in [0.1, 0.15) is 49.4 Å². The Morgan fingerprint density at radius 2 is 1.87 bits per heavy atom. The molecule has 4 rings (SSSR count). The van der Waals surface area contributed by atoms with E-state index in [0.29, 0.717) is 12.3 Å². The van der Waals surface area contributed by atoms with Crippen LogP contribution in [0, 0.1) is 11.7 Å². The largest absolute Gasteiger partial charge is 0.484 e. The summed E-state index contributed by atoms with van der Waals surface area (Å²) < 4.78 is 19.4. The van der Waals surface area contributed by atoms with E-state index in [4.69, 9.17) is 4.74 Å². The summed E-state index contributed by atoms with van der Waals surface area (Å²) in [5.74, 6) is 0.475. The predicted octanol–water partition coefficient (Wildman–Crippen LogP) is 3.96. The first-order valence-electron chi connectivity index (χ1n) is 10.9. The van der Waals surface area contributed by atoms with Crippen LogP contribution in [0.3, 0.4) is 0 Å². The first kappa shape index (κ1) is 21.3. The molecule has 164 valence electrons. The third-order valence-corrected chi connectivity index (χ3v) is 6.27. The van der Waals surface area contributed by atoms with Gasteiger partial charge >= 0.3 is 0 Å². The molecule has 0 bridgehead atoms. The highest BCUT2D eigenvalue weighted by molar-refractivity contribution is 5.82. The zero-order valence-electron chi connectivity index (χ0n) is 18.3. The normalized spacial score (nSPS) is 18.0. The molecule has 2 aromatic rings. The van der Waals surface area contributed by atoms with Crippen molar-refractivity contribution in [3.8, 4) is 5.75 Å². The molecule has 0 saturated heterocycles. The van der Waals surface area contributed by atoms with E-state index in [0.717, 1.165) is 36.0 Å².